The Labute approximate surface area is 159 Å². The summed E-state index contributed by atoms with van der Waals surface area (Å²) >= 11 is 0. The quantitative estimate of drug-likeness (QED) is 0.383. The Morgan fingerprint density at radius 1 is 0.630 bits per heavy atom. The number of benzene rings is 4. The number of para-hydroxylation sites is 2. The second kappa shape index (κ2) is 7.88. The minimum absolute atomic E-state index is 0.164. The van der Waals surface area contributed by atoms with Crippen molar-refractivity contribution in [3.63, 3.8) is 0 Å². The molecule has 0 aromatic heterocycles. The summed E-state index contributed by atoms with van der Waals surface area (Å²) < 4.78 is 0. The van der Waals surface area contributed by atoms with Crippen molar-refractivity contribution in [3.05, 3.63) is 109 Å². The summed E-state index contributed by atoms with van der Waals surface area (Å²) in [5.74, 6) is 0.164. The van der Waals surface area contributed by atoms with Crippen molar-refractivity contribution in [3.8, 4) is 0 Å². The normalized spacial score (nSPS) is 10.7. The van der Waals surface area contributed by atoms with Crippen LogP contribution in [0.5, 0.6) is 0 Å². The maximum absolute atomic E-state index is 12.8. The molecule has 0 aliphatic rings. The van der Waals surface area contributed by atoms with Crippen molar-refractivity contribution in [1.82, 2.24) is 0 Å². The fraction of sp³-hybridized carbons (Fsp3) is 0.0800. The molecule has 0 radical (unpaired) electrons. The first kappa shape index (κ1) is 17.0. The van der Waals surface area contributed by atoms with Gasteiger partial charge in [0.2, 0.25) is 0 Å². The van der Waals surface area contributed by atoms with Gasteiger partial charge in [-0.3, -0.25) is 4.79 Å². The fourth-order valence-corrected chi connectivity index (χ4v) is 3.34. The van der Waals surface area contributed by atoms with Crippen LogP contribution in [-0.4, -0.2) is 12.3 Å². The highest BCUT2D eigenvalue weighted by molar-refractivity contribution is 6.00. The molecule has 0 bridgehead atoms. The number of anilines is 2. The number of carbonyl (C=O) groups is 1. The summed E-state index contributed by atoms with van der Waals surface area (Å²) in [5, 5.41) is 2.26. The summed E-state index contributed by atoms with van der Waals surface area (Å²) in [4.78, 5) is 15.0. The number of carbonyl (C=O) groups excluding carboxylic acids is 1. The van der Waals surface area contributed by atoms with E-state index in [9.17, 15) is 4.79 Å². The summed E-state index contributed by atoms with van der Waals surface area (Å²) in [6, 6.07) is 34.5. The molecule has 0 amide bonds. The number of hydrogen-bond acceptors (Lipinski definition) is 2. The molecule has 4 aromatic rings. The first-order valence-corrected chi connectivity index (χ1v) is 9.21. The van der Waals surface area contributed by atoms with E-state index in [1.165, 1.54) is 0 Å². The third-order valence-electron chi connectivity index (χ3n) is 4.77. The smallest absolute Gasteiger partial charge is 0.164 e. The van der Waals surface area contributed by atoms with Crippen molar-refractivity contribution in [1.29, 1.82) is 0 Å². The van der Waals surface area contributed by atoms with E-state index in [0.717, 1.165) is 27.7 Å². The maximum Gasteiger partial charge on any atom is 0.164 e. The van der Waals surface area contributed by atoms with E-state index in [2.05, 4.69) is 35.2 Å². The van der Waals surface area contributed by atoms with Crippen molar-refractivity contribution < 1.29 is 4.79 Å². The highest BCUT2D eigenvalue weighted by atomic mass is 16.1. The van der Waals surface area contributed by atoms with Gasteiger partial charge in [0.05, 0.1) is 0 Å². The highest BCUT2D eigenvalue weighted by Crippen LogP contribution is 2.25. The third-order valence-corrected chi connectivity index (χ3v) is 4.77. The van der Waals surface area contributed by atoms with E-state index >= 15 is 0 Å². The summed E-state index contributed by atoms with van der Waals surface area (Å²) in [6.07, 6.45) is 0.460. The van der Waals surface area contributed by atoms with Gasteiger partial charge >= 0.3 is 0 Å². The Morgan fingerprint density at radius 2 is 1.19 bits per heavy atom. The lowest BCUT2D eigenvalue weighted by molar-refractivity contribution is 0.0985. The van der Waals surface area contributed by atoms with E-state index in [0.29, 0.717) is 13.0 Å². The highest BCUT2D eigenvalue weighted by Gasteiger charge is 2.13. The molecule has 0 spiro atoms. The van der Waals surface area contributed by atoms with Crippen LogP contribution in [0.15, 0.2) is 103 Å². The number of ketones is 1. The van der Waals surface area contributed by atoms with Gasteiger partial charge in [0.25, 0.3) is 0 Å². The molecule has 0 N–H and O–H groups in total. The summed E-state index contributed by atoms with van der Waals surface area (Å²) in [7, 11) is 0. The molecule has 0 saturated carbocycles. The Hall–Kier alpha value is -3.39. The van der Waals surface area contributed by atoms with Crippen LogP contribution in [0.2, 0.25) is 0 Å². The number of Topliss-reactive ketones (excluding diaryl/α,β-unsaturated/α-hetero) is 1. The molecule has 132 valence electrons. The Morgan fingerprint density at radius 3 is 1.81 bits per heavy atom. The average molecular weight is 351 g/mol. The largest absolute Gasteiger partial charge is 0.341 e. The topological polar surface area (TPSA) is 20.3 Å². The average Bonchev–Trinajstić information content (AvgIpc) is 2.75. The summed E-state index contributed by atoms with van der Waals surface area (Å²) in [5.41, 5.74) is 2.96. The van der Waals surface area contributed by atoms with Crippen LogP contribution in [0.1, 0.15) is 16.8 Å². The standard InChI is InChI=1S/C25H21NO/c27-25(22-16-15-20-9-7-8-10-21(20)19-22)17-18-26(23-11-3-1-4-12-23)24-13-5-2-6-14-24/h1-16,19H,17-18H2. The zero-order valence-electron chi connectivity index (χ0n) is 15.1. The van der Waals surface area contributed by atoms with Gasteiger partial charge in [0.1, 0.15) is 0 Å². The van der Waals surface area contributed by atoms with E-state index in [1.54, 1.807) is 0 Å². The predicted octanol–water partition coefficient (Wildman–Crippen LogP) is 6.25. The Balaban J connectivity index is 1.55. The van der Waals surface area contributed by atoms with E-state index in [4.69, 9.17) is 0 Å². The molecule has 0 atom stereocenters. The molecule has 27 heavy (non-hydrogen) atoms. The Bertz CT molecular complexity index is 1000. The lowest BCUT2D eigenvalue weighted by Gasteiger charge is -2.24. The van der Waals surface area contributed by atoms with Gasteiger partial charge in [-0.2, -0.15) is 0 Å². The second-order valence-corrected chi connectivity index (χ2v) is 6.56. The minimum Gasteiger partial charge on any atom is -0.341 e. The van der Waals surface area contributed by atoms with Gasteiger partial charge in [0.15, 0.2) is 5.78 Å². The predicted molar refractivity (Wildman–Crippen MR) is 113 cm³/mol. The lowest BCUT2D eigenvalue weighted by atomic mass is 10.0. The van der Waals surface area contributed by atoms with E-state index in [1.807, 2.05) is 72.8 Å². The van der Waals surface area contributed by atoms with Crippen molar-refractivity contribution >= 4 is 27.9 Å². The number of rotatable bonds is 6. The molecule has 0 aliphatic heterocycles. The number of nitrogens with zero attached hydrogens (tertiary/aromatic N) is 1. The molecule has 0 saturated heterocycles. The van der Waals surface area contributed by atoms with Crippen molar-refractivity contribution in [2.45, 2.75) is 6.42 Å². The number of hydrogen-bond donors (Lipinski definition) is 0. The molecular formula is C25H21NO. The zero-order valence-corrected chi connectivity index (χ0v) is 15.1. The van der Waals surface area contributed by atoms with Crippen LogP contribution in [0.25, 0.3) is 10.8 Å². The van der Waals surface area contributed by atoms with Crippen LogP contribution in [0.4, 0.5) is 11.4 Å². The first-order valence-electron chi connectivity index (χ1n) is 9.21. The number of fused-ring (bicyclic) bond motifs is 1. The molecule has 0 unspecified atom stereocenters. The van der Waals surface area contributed by atoms with E-state index in [-0.39, 0.29) is 5.78 Å². The van der Waals surface area contributed by atoms with Crippen molar-refractivity contribution in [2.24, 2.45) is 0 Å². The van der Waals surface area contributed by atoms with Crippen LogP contribution in [-0.2, 0) is 0 Å². The van der Waals surface area contributed by atoms with E-state index < -0.39 is 0 Å². The van der Waals surface area contributed by atoms with Gasteiger partial charge in [-0.1, -0.05) is 72.8 Å². The molecule has 2 heteroatoms. The molecule has 0 heterocycles. The molecule has 0 fully saturated rings. The van der Waals surface area contributed by atoms with Gasteiger partial charge in [-0.15, -0.1) is 0 Å². The third kappa shape index (κ3) is 3.90. The molecule has 0 aliphatic carbocycles. The van der Waals surface area contributed by atoms with Crippen LogP contribution >= 0.6 is 0 Å². The molecule has 2 nitrogen and oxygen atoms in total. The molecule has 4 aromatic carbocycles. The van der Waals surface area contributed by atoms with Gasteiger partial charge in [0, 0.05) is 29.9 Å². The zero-order chi connectivity index (χ0) is 18.5. The maximum atomic E-state index is 12.8. The minimum atomic E-state index is 0.164. The molecular weight excluding hydrogens is 330 g/mol. The molecule has 4 rings (SSSR count). The summed E-state index contributed by atoms with van der Waals surface area (Å²) in [6.45, 7) is 0.639. The second-order valence-electron chi connectivity index (χ2n) is 6.56. The Kier molecular flexibility index (Phi) is 4.97. The fourth-order valence-electron chi connectivity index (χ4n) is 3.34. The van der Waals surface area contributed by atoms with Crippen LogP contribution in [0, 0.1) is 0 Å². The SMILES string of the molecule is O=C(CCN(c1ccccc1)c1ccccc1)c1ccc2ccccc2c1. The van der Waals surface area contributed by atoms with Crippen LogP contribution < -0.4 is 4.90 Å². The van der Waals surface area contributed by atoms with Gasteiger partial charge in [-0.05, 0) is 41.1 Å². The first-order chi connectivity index (χ1) is 13.3. The van der Waals surface area contributed by atoms with Gasteiger partial charge in [-0.25, -0.2) is 0 Å². The van der Waals surface area contributed by atoms with Crippen LogP contribution in [0.3, 0.4) is 0 Å². The van der Waals surface area contributed by atoms with Gasteiger partial charge < -0.3 is 4.90 Å². The lowest BCUT2D eigenvalue weighted by Crippen LogP contribution is -2.21. The monoisotopic (exact) mass is 351 g/mol. The van der Waals surface area contributed by atoms with Crippen molar-refractivity contribution in [2.75, 3.05) is 11.4 Å².